The van der Waals surface area contributed by atoms with E-state index in [2.05, 4.69) is 6.92 Å². The molecular weight excluding hydrogens is 344 g/mol. The summed E-state index contributed by atoms with van der Waals surface area (Å²) in [6.07, 6.45) is 11.1. The fourth-order valence-electron chi connectivity index (χ4n) is 3.26. The van der Waals surface area contributed by atoms with Crippen LogP contribution in [0.5, 0.6) is 0 Å². The number of rotatable bonds is 11. The molecule has 0 unspecified atom stereocenters. The maximum atomic E-state index is 11.7. The van der Waals surface area contributed by atoms with Gasteiger partial charge >= 0.3 is 0 Å². The van der Waals surface area contributed by atoms with Crippen LogP contribution in [-0.2, 0) is 16.5 Å². The highest BCUT2D eigenvalue weighted by Gasteiger charge is 2.17. The van der Waals surface area contributed by atoms with E-state index in [1.54, 1.807) is 0 Å². The molecule has 26 heavy (non-hydrogen) atoms. The Labute approximate surface area is 158 Å². The largest absolute Gasteiger partial charge is 0.295 e. The Hall–Kier alpha value is -1.65. The van der Waals surface area contributed by atoms with Crippen molar-refractivity contribution in [1.82, 2.24) is 0 Å². The van der Waals surface area contributed by atoms with Crippen molar-refractivity contribution in [3.63, 3.8) is 0 Å². The molecule has 2 rings (SSSR count). The molecule has 2 aromatic rings. The number of hydrogen-bond donors (Lipinski definition) is 1. The van der Waals surface area contributed by atoms with Crippen LogP contribution in [0.25, 0.3) is 11.1 Å². The molecule has 3 nitrogen and oxygen atoms in total. The SMILES string of the molecule is CCCCCCCCCCc1ccc(S(=O)(=O)O)c(-c2ccccc2)c1. The minimum atomic E-state index is -4.24. The summed E-state index contributed by atoms with van der Waals surface area (Å²) in [6, 6.07) is 14.6. The average molecular weight is 375 g/mol. The number of aryl methyl sites for hydroxylation is 1. The Bertz CT molecular complexity index is 767. The van der Waals surface area contributed by atoms with Gasteiger partial charge in [0.1, 0.15) is 4.90 Å². The van der Waals surface area contributed by atoms with Gasteiger partial charge in [0.25, 0.3) is 10.1 Å². The van der Waals surface area contributed by atoms with Gasteiger partial charge in [-0.05, 0) is 36.1 Å². The highest BCUT2D eigenvalue weighted by molar-refractivity contribution is 7.86. The number of hydrogen-bond acceptors (Lipinski definition) is 2. The molecule has 142 valence electrons. The van der Waals surface area contributed by atoms with Crippen LogP contribution >= 0.6 is 0 Å². The molecular formula is C22H30O3S. The first-order chi connectivity index (χ1) is 12.5. The van der Waals surface area contributed by atoms with Crippen molar-refractivity contribution < 1.29 is 13.0 Å². The normalized spacial score (nSPS) is 11.6. The third-order valence-electron chi connectivity index (χ3n) is 4.73. The van der Waals surface area contributed by atoms with Crippen molar-refractivity contribution in [3.05, 3.63) is 54.1 Å². The van der Waals surface area contributed by atoms with Gasteiger partial charge in [-0.2, -0.15) is 8.42 Å². The van der Waals surface area contributed by atoms with Gasteiger partial charge < -0.3 is 0 Å². The number of benzene rings is 2. The summed E-state index contributed by atoms with van der Waals surface area (Å²) in [5, 5.41) is 0. The van der Waals surface area contributed by atoms with E-state index in [0.29, 0.717) is 5.56 Å². The highest BCUT2D eigenvalue weighted by Crippen LogP contribution is 2.29. The second-order valence-electron chi connectivity index (χ2n) is 6.90. The Morgan fingerprint density at radius 1 is 0.808 bits per heavy atom. The number of unbranched alkanes of at least 4 members (excludes halogenated alkanes) is 7. The van der Waals surface area contributed by atoms with E-state index >= 15 is 0 Å². The van der Waals surface area contributed by atoms with E-state index in [1.165, 1.54) is 51.0 Å². The lowest BCUT2D eigenvalue weighted by Gasteiger charge is -2.10. The van der Waals surface area contributed by atoms with Crippen LogP contribution in [0.15, 0.2) is 53.4 Å². The van der Waals surface area contributed by atoms with Gasteiger partial charge in [0, 0.05) is 5.56 Å². The van der Waals surface area contributed by atoms with Crippen LogP contribution in [0.1, 0.15) is 63.9 Å². The zero-order chi connectivity index (χ0) is 18.8. The van der Waals surface area contributed by atoms with Crippen molar-refractivity contribution in [2.24, 2.45) is 0 Å². The predicted molar refractivity (Wildman–Crippen MR) is 108 cm³/mol. The van der Waals surface area contributed by atoms with E-state index in [0.717, 1.165) is 24.0 Å². The maximum Gasteiger partial charge on any atom is 0.295 e. The third-order valence-corrected chi connectivity index (χ3v) is 5.64. The summed E-state index contributed by atoms with van der Waals surface area (Å²) in [6.45, 7) is 2.23. The summed E-state index contributed by atoms with van der Waals surface area (Å²) in [5.41, 5.74) is 2.49. The fourth-order valence-corrected chi connectivity index (χ4v) is 3.96. The molecule has 0 heterocycles. The molecule has 0 saturated heterocycles. The summed E-state index contributed by atoms with van der Waals surface area (Å²) < 4.78 is 32.9. The lowest BCUT2D eigenvalue weighted by atomic mass is 9.99. The first kappa shape index (κ1) is 20.7. The molecule has 0 fully saturated rings. The molecule has 4 heteroatoms. The van der Waals surface area contributed by atoms with Crippen molar-refractivity contribution in [2.45, 2.75) is 69.6 Å². The Balaban J connectivity index is 1.98. The summed E-state index contributed by atoms with van der Waals surface area (Å²) in [7, 11) is -4.24. The van der Waals surface area contributed by atoms with Gasteiger partial charge in [-0.15, -0.1) is 0 Å². The van der Waals surface area contributed by atoms with Crippen molar-refractivity contribution in [3.8, 4) is 11.1 Å². The van der Waals surface area contributed by atoms with E-state index < -0.39 is 10.1 Å². The van der Waals surface area contributed by atoms with Crippen molar-refractivity contribution in [1.29, 1.82) is 0 Å². The van der Waals surface area contributed by atoms with Gasteiger partial charge in [-0.25, -0.2) is 0 Å². The summed E-state index contributed by atoms with van der Waals surface area (Å²) in [5.74, 6) is 0. The average Bonchev–Trinajstić information content (AvgIpc) is 2.63. The highest BCUT2D eigenvalue weighted by atomic mass is 32.2. The second kappa shape index (κ2) is 10.5. The smallest absolute Gasteiger partial charge is 0.282 e. The maximum absolute atomic E-state index is 11.7. The van der Waals surface area contributed by atoms with Crippen LogP contribution < -0.4 is 0 Å². The van der Waals surface area contributed by atoms with E-state index in [-0.39, 0.29) is 4.90 Å². The third kappa shape index (κ3) is 6.58. The van der Waals surface area contributed by atoms with Crippen molar-refractivity contribution >= 4 is 10.1 Å². The van der Waals surface area contributed by atoms with E-state index in [9.17, 15) is 13.0 Å². The van der Waals surface area contributed by atoms with Crippen molar-refractivity contribution in [2.75, 3.05) is 0 Å². The van der Waals surface area contributed by atoms with Crippen LogP contribution in [0.4, 0.5) is 0 Å². The zero-order valence-corrected chi connectivity index (χ0v) is 16.5. The fraction of sp³-hybridized carbons (Fsp3) is 0.455. The summed E-state index contributed by atoms with van der Waals surface area (Å²) >= 11 is 0. The lowest BCUT2D eigenvalue weighted by molar-refractivity contribution is 0.483. The zero-order valence-electron chi connectivity index (χ0n) is 15.7. The molecule has 0 aliphatic carbocycles. The Morgan fingerprint density at radius 3 is 2.04 bits per heavy atom. The van der Waals surface area contributed by atoms with Gasteiger partial charge in [0.2, 0.25) is 0 Å². The van der Waals surface area contributed by atoms with Gasteiger partial charge in [0.15, 0.2) is 0 Å². The molecule has 0 bridgehead atoms. The van der Waals surface area contributed by atoms with Crippen LogP contribution in [0, 0.1) is 0 Å². The van der Waals surface area contributed by atoms with Gasteiger partial charge in [-0.1, -0.05) is 88.3 Å². The minimum absolute atomic E-state index is 0.0247. The molecule has 2 aromatic carbocycles. The molecule has 0 atom stereocenters. The van der Waals surface area contributed by atoms with Crippen LogP contribution in [-0.4, -0.2) is 13.0 Å². The second-order valence-corrected chi connectivity index (χ2v) is 8.29. The molecule has 0 aliphatic rings. The first-order valence-electron chi connectivity index (χ1n) is 9.68. The summed E-state index contributed by atoms with van der Waals surface area (Å²) in [4.78, 5) is -0.0247. The molecule has 1 N–H and O–H groups in total. The van der Waals surface area contributed by atoms with Gasteiger partial charge in [-0.3, -0.25) is 4.55 Å². The first-order valence-corrected chi connectivity index (χ1v) is 11.1. The molecule has 0 aliphatic heterocycles. The molecule has 0 radical (unpaired) electrons. The van der Waals surface area contributed by atoms with Crippen LogP contribution in [0.2, 0.25) is 0 Å². The van der Waals surface area contributed by atoms with Crippen LogP contribution in [0.3, 0.4) is 0 Å². The topological polar surface area (TPSA) is 54.4 Å². The quantitative estimate of drug-likeness (QED) is 0.372. The predicted octanol–water partition coefficient (Wildman–Crippen LogP) is 6.28. The van der Waals surface area contributed by atoms with Gasteiger partial charge in [0.05, 0.1) is 0 Å². The molecule has 0 saturated carbocycles. The minimum Gasteiger partial charge on any atom is -0.282 e. The monoisotopic (exact) mass is 374 g/mol. The lowest BCUT2D eigenvalue weighted by Crippen LogP contribution is -2.02. The molecule has 0 aromatic heterocycles. The van der Waals surface area contributed by atoms with E-state index in [1.807, 2.05) is 42.5 Å². The standard InChI is InChI=1S/C22H30O3S/c1-2-3-4-5-6-7-8-10-13-19-16-17-22(26(23,24)25)21(18-19)20-14-11-9-12-15-20/h9,11-12,14-18H,2-8,10,13H2,1H3,(H,23,24,25). The molecule has 0 amide bonds. The Morgan fingerprint density at radius 2 is 1.42 bits per heavy atom. The molecule has 0 spiro atoms. The van der Waals surface area contributed by atoms with E-state index in [4.69, 9.17) is 0 Å². The Kier molecular flexibility index (Phi) is 8.33.